The Morgan fingerprint density at radius 3 is 2.68 bits per heavy atom. The van der Waals surface area contributed by atoms with Crippen molar-refractivity contribution in [2.75, 3.05) is 4.72 Å². The number of aromatic nitrogens is 2. The van der Waals surface area contributed by atoms with Crippen LogP contribution in [0.3, 0.4) is 0 Å². The topological polar surface area (TPSA) is 86.9 Å². The van der Waals surface area contributed by atoms with Crippen molar-refractivity contribution in [3.05, 3.63) is 36.5 Å². The van der Waals surface area contributed by atoms with E-state index in [0.29, 0.717) is 5.69 Å². The van der Waals surface area contributed by atoms with Crippen LogP contribution >= 0.6 is 0 Å². The summed E-state index contributed by atoms with van der Waals surface area (Å²) in [6.45, 7) is 3.53. The van der Waals surface area contributed by atoms with E-state index in [1.54, 1.807) is 38.2 Å². The van der Waals surface area contributed by atoms with Crippen molar-refractivity contribution < 1.29 is 8.42 Å². The number of nitrogens with zero attached hydrogens (tertiary/aromatic N) is 1. The van der Waals surface area contributed by atoms with Gasteiger partial charge in [0.25, 0.3) is 10.2 Å². The van der Waals surface area contributed by atoms with E-state index in [2.05, 4.69) is 19.6 Å². The Morgan fingerprint density at radius 2 is 2.05 bits per heavy atom. The molecule has 0 fully saturated rings. The zero-order valence-electron chi connectivity index (χ0n) is 10.7. The molecule has 2 rings (SSSR count). The van der Waals surface area contributed by atoms with Crippen LogP contribution in [-0.4, -0.2) is 24.7 Å². The highest BCUT2D eigenvalue weighted by molar-refractivity contribution is 7.90. The summed E-state index contributed by atoms with van der Waals surface area (Å²) >= 11 is 0. The van der Waals surface area contributed by atoms with Crippen LogP contribution in [0.25, 0.3) is 11.3 Å². The second kappa shape index (κ2) is 5.41. The third-order valence-corrected chi connectivity index (χ3v) is 3.60. The molecule has 0 spiro atoms. The van der Waals surface area contributed by atoms with Gasteiger partial charge in [-0.05, 0) is 32.0 Å². The third-order valence-electron chi connectivity index (χ3n) is 2.32. The number of hydrogen-bond donors (Lipinski definition) is 3. The highest BCUT2D eigenvalue weighted by Gasteiger charge is 2.11. The summed E-state index contributed by atoms with van der Waals surface area (Å²) in [5, 5.41) is 6.70. The van der Waals surface area contributed by atoms with Crippen molar-refractivity contribution in [1.29, 1.82) is 0 Å². The number of benzene rings is 1. The van der Waals surface area contributed by atoms with E-state index in [4.69, 9.17) is 0 Å². The Bertz CT molecular complexity index is 636. The number of H-pyrrole nitrogens is 1. The van der Waals surface area contributed by atoms with Gasteiger partial charge in [0.2, 0.25) is 0 Å². The van der Waals surface area contributed by atoms with Crippen LogP contribution in [0.15, 0.2) is 36.5 Å². The lowest BCUT2D eigenvalue weighted by Crippen LogP contribution is -2.35. The van der Waals surface area contributed by atoms with Gasteiger partial charge in [-0.2, -0.15) is 18.2 Å². The molecule has 2 aromatic rings. The van der Waals surface area contributed by atoms with E-state index in [9.17, 15) is 8.42 Å². The van der Waals surface area contributed by atoms with Crippen LogP contribution in [0.5, 0.6) is 0 Å². The van der Waals surface area contributed by atoms with E-state index in [0.717, 1.165) is 11.3 Å². The van der Waals surface area contributed by atoms with Gasteiger partial charge in [0.15, 0.2) is 0 Å². The van der Waals surface area contributed by atoms with Crippen LogP contribution in [0, 0.1) is 0 Å². The van der Waals surface area contributed by atoms with E-state index >= 15 is 0 Å². The molecule has 0 amide bonds. The van der Waals surface area contributed by atoms with Gasteiger partial charge in [-0.15, -0.1) is 0 Å². The molecule has 0 atom stereocenters. The zero-order chi connectivity index (χ0) is 13.9. The predicted octanol–water partition coefficient (Wildman–Crippen LogP) is 1.73. The molecule has 0 saturated carbocycles. The number of nitrogens with one attached hydrogen (secondary N) is 3. The van der Waals surface area contributed by atoms with Gasteiger partial charge in [0.1, 0.15) is 0 Å². The summed E-state index contributed by atoms with van der Waals surface area (Å²) in [6.07, 6.45) is 1.65. The van der Waals surface area contributed by atoms with Crippen LogP contribution in [-0.2, 0) is 10.2 Å². The minimum absolute atomic E-state index is 0.159. The van der Waals surface area contributed by atoms with Crippen LogP contribution < -0.4 is 9.44 Å². The predicted molar refractivity (Wildman–Crippen MR) is 74.8 cm³/mol. The van der Waals surface area contributed by atoms with Crippen molar-refractivity contribution in [1.82, 2.24) is 14.9 Å². The maximum atomic E-state index is 11.8. The highest BCUT2D eigenvalue weighted by Crippen LogP contribution is 2.20. The second-order valence-electron chi connectivity index (χ2n) is 4.43. The molecule has 7 heteroatoms. The van der Waals surface area contributed by atoms with Gasteiger partial charge in [0, 0.05) is 17.8 Å². The van der Waals surface area contributed by atoms with E-state index in [1.807, 2.05) is 12.1 Å². The summed E-state index contributed by atoms with van der Waals surface area (Å²) < 4.78 is 28.5. The fourth-order valence-electron chi connectivity index (χ4n) is 1.66. The number of rotatable bonds is 5. The Kier molecular flexibility index (Phi) is 3.87. The van der Waals surface area contributed by atoms with Gasteiger partial charge in [-0.3, -0.25) is 9.82 Å². The summed E-state index contributed by atoms with van der Waals surface area (Å²) in [7, 11) is -3.55. The molecular formula is C12H16N4O2S. The van der Waals surface area contributed by atoms with Gasteiger partial charge >= 0.3 is 0 Å². The fraction of sp³-hybridized carbons (Fsp3) is 0.250. The fourth-order valence-corrected chi connectivity index (χ4v) is 2.78. The Hall–Kier alpha value is -1.86. The maximum absolute atomic E-state index is 11.8. The van der Waals surface area contributed by atoms with Gasteiger partial charge in [0.05, 0.1) is 11.4 Å². The molecule has 3 N–H and O–H groups in total. The average molecular weight is 280 g/mol. The molecule has 6 nitrogen and oxygen atoms in total. The van der Waals surface area contributed by atoms with Crippen molar-refractivity contribution in [2.24, 2.45) is 0 Å². The van der Waals surface area contributed by atoms with Gasteiger partial charge in [-0.25, -0.2) is 0 Å². The maximum Gasteiger partial charge on any atom is 0.299 e. The van der Waals surface area contributed by atoms with Crippen LogP contribution in [0.2, 0.25) is 0 Å². The molecule has 1 heterocycles. The zero-order valence-corrected chi connectivity index (χ0v) is 11.5. The Morgan fingerprint density at radius 1 is 1.26 bits per heavy atom. The van der Waals surface area contributed by atoms with Crippen molar-refractivity contribution in [3.8, 4) is 11.3 Å². The molecule has 1 aromatic carbocycles. The molecule has 102 valence electrons. The van der Waals surface area contributed by atoms with E-state index in [1.165, 1.54) is 0 Å². The normalized spacial score (nSPS) is 11.7. The highest BCUT2D eigenvalue weighted by atomic mass is 32.2. The molecule has 0 unspecified atom stereocenters. The quantitative estimate of drug-likeness (QED) is 0.779. The number of aromatic amines is 1. The Balaban J connectivity index is 2.21. The molecule has 0 aliphatic rings. The van der Waals surface area contributed by atoms with Crippen LogP contribution in [0.4, 0.5) is 5.69 Å². The minimum atomic E-state index is -3.55. The molecule has 0 aliphatic carbocycles. The average Bonchev–Trinajstić information content (AvgIpc) is 2.79. The Labute approximate surface area is 112 Å². The molecule has 0 radical (unpaired) electrons. The third kappa shape index (κ3) is 3.80. The molecule has 0 saturated heterocycles. The molecule has 19 heavy (non-hydrogen) atoms. The monoisotopic (exact) mass is 280 g/mol. The first-order valence-corrected chi connectivity index (χ1v) is 7.34. The first-order chi connectivity index (χ1) is 8.96. The number of hydrogen-bond acceptors (Lipinski definition) is 3. The summed E-state index contributed by atoms with van der Waals surface area (Å²) in [5.74, 6) is 0. The SMILES string of the molecule is CC(C)NS(=O)(=O)Nc1cccc(-c2ccn[nH]2)c1. The number of anilines is 1. The molecule has 0 bridgehead atoms. The first-order valence-electron chi connectivity index (χ1n) is 5.86. The summed E-state index contributed by atoms with van der Waals surface area (Å²) in [4.78, 5) is 0. The van der Waals surface area contributed by atoms with Crippen molar-refractivity contribution >= 4 is 15.9 Å². The molecule has 0 aliphatic heterocycles. The van der Waals surface area contributed by atoms with Crippen molar-refractivity contribution in [2.45, 2.75) is 19.9 Å². The largest absolute Gasteiger partial charge is 0.299 e. The van der Waals surface area contributed by atoms with E-state index in [-0.39, 0.29) is 6.04 Å². The lowest BCUT2D eigenvalue weighted by molar-refractivity contribution is 0.575. The lowest BCUT2D eigenvalue weighted by Gasteiger charge is -2.12. The standard InChI is InChI=1S/C12H16N4O2S/c1-9(2)15-19(17,18)16-11-5-3-4-10(8-11)12-6-7-13-14-12/h3-9,15-16H,1-2H3,(H,13,14). The van der Waals surface area contributed by atoms with Gasteiger partial charge < -0.3 is 0 Å². The van der Waals surface area contributed by atoms with E-state index < -0.39 is 10.2 Å². The van der Waals surface area contributed by atoms with Gasteiger partial charge in [-0.1, -0.05) is 12.1 Å². The van der Waals surface area contributed by atoms with Crippen molar-refractivity contribution in [3.63, 3.8) is 0 Å². The summed E-state index contributed by atoms with van der Waals surface area (Å²) in [5.41, 5.74) is 2.19. The first kappa shape index (κ1) is 13.6. The molecule has 1 aromatic heterocycles. The minimum Gasteiger partial charge on any atom is -0.278 e. The lowest BCUT2D eigenvalue weighted by atomic mass is 10.1. The van der Waals surface area contributed by atoms with Crippen LogP contribution in [0.1, 0.15) is 13.8 Å². The summed E-state index contributed by atoms with van der Waals surface area (Å²) in [6, 6.07) is 8.75. The molecular weight excluding hydrogens is 264 g/mol. The smallest absolute Gasteiger partial charge is 0.278 e. The second-order valence-corrected chi connectivity index (χ2v) is 5.88.